The van der Waals surface area contributed by atoms with Crippen molar-refractivity contribution in [1.82, 2.24) is 10.2 Å². The van der Waals surface area contributed by atoms with Gasteiger partial charge in [-0.25, -0.2) is 0 Å². The van der Waals surface area contributed by atoms with Crippen LogP contribution in [0.5, 0.6) is 0 Å². The van der Waals surface area contributed by atoms with Crippen molar-refractivity contribution in [3.63, 3.8) is 0 Å². The lowest BCUT2D eigenvalue weighted by Gasteiger charge is -2.30. The molecular weight excluding hydrogens is 236 g/mol. The minimum absolute atomic E-state index is 0.231. The molecule has 1 saturated heterocycles. The first-order chi connectivity index (χ1) is 8.75. The highest BCUT2D eigenvalue weighted by atomic mass is 16.2. The van der Waals surface area contributed by atoms with Crippen LogP contribution in [0.25, 0.3) is 0 Å². The Morgan fingerprint density at radius 3 is 2.42 bits per heavy atom. The summed E-state index contributed by atoms with van der Waals surface area (Å²) in [6.45, 7) is 16.2. The minimum atomic E-state index is 0.231. The molecule has 1 N–H and O–H groups in total. The molecule has 1 amide bonds. The molecule has 1 rings (SSSR count). The first-order valence-electron chi connectivity index (χ1n) is 7.76. The number of nitrogens with zero attached hydrogens (tertiary/aromatic N) is 1. The summed E-state index contributed by atoms with van der Waals surface area (Å²) in [6.07, 6.45) is 1.86. The van der Waals surface area contributed by atoms with E-state index < -0.39 is 0 Å². The van der Waals surface area contributed by atoms with Crippen molar-refractivity contribution < 1.29 is 4.79 Å². The van der Waals surface area contributed by atoms with Crippen molar-refractivity contribution >= 4 is 5.91 Å². The molecule has 1 heterocycles. The van der Waals surface area contributed by atoms with Gasteiger partial charge >= 0.3 is 0 Å². The molecule has 0 aliphatic carbocycles. The largest absolute Gasteiger partial charge is 0.341 e. The fourth-order valence-corrected chi connectivity index (χ4v) is 2.61. The fraction of sp³-hybridized carbons (Fsp3) is 0.938. The molecule has 0 aromatic rings. The third-order valence-electron chi connectivity index (χ3n) is 4.32. The molecule has 1 fully saturated rings. The van der Waals surface area contributed by atoms with Crippen LogP contribution in [0.2, 0.25) is 0 Å². The minimum Gasteiger partial charge on any atom is -0.341 e. The van der Waals surface area contributed by atoms with Gasteiger partial charge in [-0.15, -0.1) is 0 Å². The number of nitrogens with one attached hydrogen (secondary N) is 1. The van der Waals surface area contributed by atoms with Gasteiger partial charge in [0.25, 0.3) is 0 Å². The zero-order chi connectivity index (χ0) is 14.6. The first-order valence-corrected chi connectivity index (χ1v) is 7.76. The molecule has 3 nitrogen and oxygen atoms in total. The molecule has 2 atom stereocenters. The molecule has 0 spiro atoms. The summed E-state index contributed by atoms with van der Waals surface area (Å²) in [5.41, 5.74) is 0.231. The molecule has 3 heteroatoms. The van der Waals surface area contributed by atoms with Crippen LogP contribution in [-0.2, 0) is 4.79 Å². The van der Waals surface area contributed by atoms with E-state index in [9.17, 15) is 4.79 Å². The van der Waals surface area contributed by atoms with Crippen LogP contribution in [0.4, 0.5) is 0 Å². The summed E-state index contributed by atoms with van der Waals surface area (Å²) in [7, 11) is 0. The zero-order valence-corrected chi connectivity index (χ0v) is 13.6. The molecule has 2 unspecified atom stereocenters. The summed E-state index contributed by atoms with van der Waals surface area (Å²) in [5.74, 6) is 1.40. The average molecular weight is 268 g/mol. The van der Waals surface area contributed by atoms with Gasteiger partial charge in [-0.2, -0.15) is 0 Å². The van der Waals surface area contributed by atoms with Gasteiger partial charge in [0, 0.05) is 25.6 Å². The van der Waals surface area contributed by atoms with Crippen molar-refractivity contribution in [2.45, 2.75) is 60.4 Å². The molecule has 1 aliphatic rings. The topological polar surface area (TPSA) is 32.3 Å². The number of amides is 1. The Morgan fingerprint density at radius 1 is 1.37 bits per heavy atom. The van der Waals surface area contributed by atoms with Crippen LogP contribution in [0.15, 0.2) is 0 Å². The van der Waals surface area contributed by atoms with Gasteiger partial charge < -0.3 is 10.2 Å². The van der Waals surface area contributed by atoms with Crippen molar-refractivity contribution in [3.05, 3.63) is 0 Å². The molecule has 19 heavy (non-hydrogen) atoms. The van der Waals surface area contributed by atoms with Crippen molar-refractivity contribution in [3.8, 4) is 0 Å². The normalized spacial score (nSPS) is 22.4. The third-order valence-corrected chi connectivity index (χ3v) is 4.32. The van der Waals surface area contributed by atoms with E-state index in [-0.39, 0.29) is 5.41 Å². The molecule has 0 bridgehead atoms. The first kappa shape index (κ1) is 16.5. The van der Waals surface area contributed by atoms with Gasteiger partial charge in [0.2, 0.25) is 5.91 Å². The predicted octanol–water partition coefficient (Wildman–Crippen LogP) is 2.91. The molecule has 0 aromatic heterocycles. The van der Waals surface area contributed by atoms with Gasteiger partial charge in [0.1, 0.15) is 0 Å². The molecular formula is C16H32N2O. The van der Waals surface area contributed by atoms with E-state index in [1.165, 1.54) is 0 Å². The average Bonchev–Trinajstić information content (AvgIpc) is 2.65. The van der Waals surface area contributed by atoms with Crippen molar-refractivity contribution in [1.29, 1.82) is 0 Å². The highest BCUT2D eigenvalue weighted by Gasteiger charge is 2.37. The lowest BCUT2D eigenvalue weighted by Crippen LogP contribution is -2.45. The molecule has 0 aromatic carbocycles. The fourth-order valence-electron chi connectivity index (χ4n) is 2.61. The maximum atomic E-state index is 12.2. The number of carbonyl (C=O) groups excluding carboxylic acids is 1. The summed E-state index contributed by atoms with van der Waals surface area (Å²) in [6, 6.07) is 0.419. The number of hydrogen-bond acceptors (Lipinski definition) is 2. The third kappa shape index (κ3) is 4.79. The smallest absolute Gasteiger partial charge is 0.222 e. The van der Waals surface area contributed by atoms with Crippen molar-refractivity contribution in [2.75, 3.05) is 19.6 Å². The maximum Gasteiger partial charge on any atom is 0.222 e. The van der Waals surface area contributed by atoms with Crippen molar-refractivity contribution in [2.24, 2.45) is 17.3 Å². The summed E-state index contributed by atoms with van der Waals surface area (Å²) >= 11 is 0. The Balaban J connectivity index is 2.58. The number of likely N-dealkylation sites (tertiary alicyclic amines) is 1. The van der Waals surface area contributed by atoms with E-state index in [0.29, 0.717) is 23.8 Å². The van der Waals surface area contributed by atoms with E-state index in [1.807, 2.05) is 0 Å². The van der Waals surface area contributed by atoms with Crippen LogP contribution in [0, 0.1) is 17.3 Å². The van der Waals surface area contributed by atoms with E-state index in [2.05, 4.69) is 51.8 Å². The Labute approximate surface area is 119 Å². The van der Waals surface area contributed by atoms with E-state index in [4.69, 9.17) is 0 Å². The van der Waals surface area contributed by atoms with Gasteiger partial charge in [0.05, 0.1) is 0 Å². The lowest BCUT2D eigenvalue weighted by molar-refractivity contribution is -0.128. The van der Waals surface area contributed by atoms with Crippen LogP contribution in [0.1, 0.15) is 54.4 Å². The molecule has 1 aliphatic heterocycles. The van der Waals surface area contributed by atoms with E-state index in [0.717, 1.165) is 32.5 Å². The summed E-state index contributed by atoms with van der Waals surface area (Å²) in [4.78, 5) is 14.2. The number of carbonyl (C=O) groups is 1. The Kier molecular flexibility index (Phi) is 5.84. The number of hydrogen-bond donors (Lipinski definition) is 1. The van der Waals surface area contributed by atoms with Gasteiger partial charge in [-0.3, -0.25) is 4.79 Å². The Morgan fingerprint density at radius 2 is 2.00 bits per heavy atom. The second-order valence-electron chi connectivity index (χ2n) is 7.37. The monoisotopic (exact) mass is 268 g/mol. The maximum absolute atomic E-state index is 12.2. The summed E-state index contributed by atoms with van der Waals surface area (Å²) < 4.78 is 0. The van der Waals surface area contributed by atoms with Crippen LogP contribution in [0.3, 0.4) is 0 Å². The quantitative estimate of drug-likeness (QED) is 0.803. The highest BCUT2D eigenvalue weighted by Crippen LogP contribution is 2.34. The van der Waals surface area contributed by atoms with Gasteiger partial charge in [-0.05, 0) is 30.2 Å². The molecule has 0 saturated carbocycles. The zero-order valence-electron chi connectivity index (χ0n) is 13.6. The van der Waals surface area contributed by atoms with E-state index in [1.54, 1.807) is 0 Å². The second kappa shape index (κ2) is 6.74. The van der Waals surface area contributed by atoms with E-state index >= 15 is 0 Å². The number of rotatable bonds is 6. The standard InChI is InChI=1S/C16H32N2O/c1-7-8-17-14(12(2)3)11-18-10-13(9-15(18)19)16(4,5)6/h12-14,17H,7-11H2,1-6H3. The predicted molar refractivity (Wildman–Crippen MR) is 81.1 cm³/mol. The molecule has 0 radical (unpaired) electrons. The lowest BCUT2D eigenvalue weighted by atomic mass is 9.80. The van der Waals surface area contributed by atoms with Gasteiger partial charge in [0.15, 0.2) is 0 Å². The Bertz CT molecular complexity index is 294. The molecule has 112 valence electrons. The Hall–Kier alpha value is -0.570. The summed E-state index contributed by atoms with van der Waals surface area (Å²) in [5, 5.41) is 3.58. The van der Waals surface area contributed by atoms with Crippen LogP contribution in [-0.4, -0.2) is 36.5 Å². The van der Waals surface area contributed by atoms with Crippen LogP contribution >= 0.6 is 0 Å². The second-order valence-corrected chi connectivity index (χ2v) is 7.37. The highest BCUT2D eigenvalue weighted by molar-refractivity contribution is 5.78. The van der Waals surface area contributed by atoms with Gasteiger partial charge in [-0.1, -0.05) is 41.5 Å². The SMILES string of the molecule is CCCNC(CN1CC(C(C)(C)C)CC1=O)C(C)C. The van der Waals surface area contributed by atoms with Crippen LogP contribution < -0.4 is 5.32 Å².